The lowest BCUT2D eigenvalue weighted by atomic mass is 9.89. The Labute approximate surface area is 121 Å². The normalized spacial score (nSPS) is 23.8. The van der Waals surface area contributed by atoms with Gasteiger partial charge in [-0.25, -0.2) is 0 Å². The third-order valence-electron chi connectivity index (χ3n) is 4.72. The second kappa shape index (κ2) is 5.66. The summed E-state index contributed by atoms with van der Waals surface area (Å²) in [5.41, 5.74) is 4.86. The van der Waals surface area contributed by atoms with Gasteiger partial charge in [0, 0.05) is 31.2 Å². The number of carbonyl (C=O) groups excluding carboxylic acids is 1. The molecule has 1 aromatic rings. The largest absolute Gasteiger partial charge is 0.314 e. The summed E-state index contributed by atoms with van der Waals surface area (Å²) in [4.78, 5) is 14.1. The Bertz CT molecular complexity index is 508. The van der Waals surface area contributed by atoms with Gasteiger partial charge in [-0.05, 0) is 48.9 Å². The van der Waals surface area contributed by atoms with Gasteiger partial charge in [-0.2, -0.15) is 0 Å². The Morgan fingerprint density at radius 1 is 1.35 bits per heavy atom. The zero-order chi connectivity index (χ0) is 14.1. The number of hydrogen-bond donors (Lipinski definition) is 1. The second-order valence-corrected chi connectivity index (χ2v) is 6.13. The van der Waals surface area contributed by atoms with Gasteiger partial charge in [0.2, 0.25) is 0 Å². The standard InChI is InChI=1S/C17H24N2O/c1-3-12-8-14(13-4-5-13)16(11-20)15(9-12)17-10-18-6-7-19(17)2/h8-9,11,13,17-18H,3-7,10H2,1-2H3. The van der Waals surface area contributed by atoms with Crippen molar-refractivity contribution in [3.05, 3.63) is 34.4 Å². The van der Waals surface area contributed by atoms with Crippen LogP contribution in [0.5, 0.6) is 0 Å². The van der Waals surface area contributed by atoms with Crippen molar-refractivity contribution >= 4 is 6.29 Å². The maximum Gasteiger partial charge on any atom is 0.150 e. The Morgan fingerprint density at radius 3 is 2.70 bits per heavy atom. The van der Waals surface area contributed by atoms with Crippen LogP contribution in [0.3, 0.4) is 0 Å². The van der Waals surface area contributed by atoms with Gasteiger partial charge in [0.15, 0.2) is 6.29 Å². The van der Waals surface area contributed by atoms with Crippen molar-refractivity contribution in [2.75, 3.05) is 26.7 Å². The van der Waals surface area contributed by atoms with Crippen LogP contribution in [-0.2, 0) is 6.42 Å². The quantitative estimate of drug-likeness (QED) is 0.855. The Hall–Kier alpha value is -1.19. The lowest BCUT2D eigenvalue weighted by Crippen LogP contribution is -2.44. The first-order valence-electron chi connectivity index (χ1n) is 7.77. The van der Waals surface area contributed by atoms with E-state index in [1.54, 1.807) is 0 Å². The van der Waals surface area contributed by atoms with Gasteiger partial charge in [-0.15, -0.1) is 0 Å². The van der Waals surface area contributed by atoms with Crippen LogP contribution in [0.2, 0.25) is 0 Å². The van der Waals surface area contributed by atoms with Crippen LogP contribution in [0.15, 0.2) is 12.1 Å². The number of piperazine rings is 1. The molecule has 3 rings (SSSR count). The lowest BCUT2D eigenvalue weighted by molar-refractivity contribution is 0.111. The Balaban J connectivity index is 2.06. The molecule has 1 saturated heterocycles. The zero-order valence-corrected chi connectivity index (χ0v) is 12.5. The molecule has 1 saturated carbocycles. The molecule has 1 atom stereocenters. The molecule has 0 aromatic heterocycles. The smallest absolute Gasteiger partial charge is 0.150 e. The molecule has 0 amide bonds. The van der Waals surface area contributed by atoms with E-state index >= 15 is 0 Å². The molecule has 2 aliphatic rings. The lowest BCUT2D eigenvalue weighted by Gasteiger charge is -2.34. The fraction of sp³-hybridized carbons (Fsp3) is 0.588. The van der Waals surface area contributed by atoms with E-state index in [2.05, 4.69) is 36.3 Å². The predicted molar refractivity (Wildman–Crippen MR) is 81.4 cm³/mol. The van der Waals surface area contributed by atoms with Gasteiger partial charge >= 0.3 is 0 Å². The third kappa shape index (κ3) is 2.52. The Morgan fingerprint density at radius 2 is 2.10 bits per heavy atom. The minimum Gasteiger partial charge on any atom is -0.314 e. The molecule has 1 heterocycles. The number of nitrogens with zero attached hydrogens (tertiary/aromatic N) is 1. The molecule has 3 heteroatoms. The van der Waals surface area contributed by atoms with Crippen LogP contribution in [0, 0.1) is 0 Å². The molecule has 1 aromatic carbocycles. The minimum absolute atomic E-state index is 0.327. The number of aldehydes is 1. The van der Waals surface area contributed by atoms with Gasteiger partial charge < -0.3 is 5.32 Å². The van der Waals surface area contributed by atoms with E-state index in [0.717, 1.165) is 37.9 Å². The Kier molecular flexibility index (Phi) is 3.90. The minimum atomic E-state index is 0.327. The molecular weight excluding hydrogens is 248 g/mol. The van der Waals surface area contributed by atoms with Crippen molar-refractivity contribution in [3.63, 3.8) is 0 Å². The molecule has 0 bridgehead atoms. The summed E-state index contributed by atoms with van der Waals surface area (Å²) in [5, 5.41) is 3.46. The van der Waals surface area contributed by atoms with E-state index < -0.39 is 0 Å². The highest BCUT2D eigenvalue weighted by Gasteiger charge is 2.30. The SMILES string of the molecule is CCc1cc(C2CC2)c(C=O)c(C2CNCCN2C)c1. The van der Waals surface area contributed by atoms with E-state index in [0.29, 0.717) is 12.0 Å². The predicted octanol–water partition coefficient (Wildman–Crippen LogP) is 2.52. The summed E-state index contributed by atoms with van der Waals surface area (Å²) in [6.45, 7) is 5.21. The number of likely N-dealkylation sites (N-methyl/N-ethyl adjacent to an activating group) is 1. The molecule has 20 heavy (non-hydrogen) atoms. The molecule has 2 fully saturated rings. The average molecular weight is 272 g/mol. The number of hydrogen-bond acceptors (Lipinski definition) is 3. The number of benzene rings is 1. The van der Waals surface area contributed by atoms with E-state index in [1.165, 1.54) is 29.5 Å². The second-order valence-electron chi connectivity index (χ2n) is 6.13. The summed E-state index contributed by atoms with van der Waals surface area (Å²) < 4.78 is 0. The molecule has 1 aliphatic heterocycles. The summed E-state index contributed by atoms with van der Waals surface area (Å²) >= 11 is 0. The maximum atomic E-state index is 11.7. The number of rotatable bonds is 4. The van der Waals surface area contributed by atoms with Crippen LogP contribution in [-0.4, -0.2) is 37.9 Å². The molecule has 1 unspecified atom stereocenters. The molecule has 1 aliphatic carbocycles. The summed E-state index contributed by atoms with van der Waals surface area (Å²) in [5.74, 6) is 0.627. The third-order valence-corrected chi connectivity index (χ3v) is 4.72. The first kappa shape index (κ1) is 13.8. The van der Waals surface area contributed by atoms with Crippen LogP contribution < -0.4 is 5.32 Å². The molecular formula is C17H24N2O. The van der Waals surface area contributed by atoms with Crippen molar-refractivity contribution in [3.8, 4) is 0 Å². The van der Waals surface area contributed by atoms with Crippen molar-refractivity contribution in [2.24, 2.45) is 0 Å². The van der Waals surface area contributed by atoms with Crippen molar-refractivity contribution in [1.29, 1.82) is 0 Å². The van der Waals surface area contributed by atoms with Crippen LogP contribution in [0.25, 0.3) is 0 Å². The summed E-state index contributed by atoms with van der Waals surface area (Å²) in [7, 11) is 2.16. The fourth-order valence-corrected chi connectivity index (χ4v) is 3.26. The van der Waals surface area contributed by atoms with Crippen molar-refractivity contribution in [1.82, 2.24) is 10.2 Å². The van der Waals surface area contributed by atoms with Gasteiger partial charge in [-0.1, -0.05) is 19.1 Å². The molecule has 3 nitrogen and oxygen atoms in total. The number of carbonyl (C=O) groups is 1. The maximum absolute atomic E-state index is 11.7. The van der Waals surface area contributed by atoms with Crippen LogP contribution in [0.4, 0.5) is 0 Å². The number of aryl methyl sites for hydroxylation is 1. The molecule has 0 spiro atoms. The monoisotopic (exact) mass is 272 g/mol. The average Bonchev–Trinajstić information content (AvgIpc) is 3.31. The van der Waals surface area contributed by atoms with E-state index in [9.17, 15) is 4.79 Å². The molecule has 1 N–H and O–H groups in total. The fourth-order valence-electron chi connectivity index (χ4n) is 3.26. The molecule has 108 valence electrons. The summed E-state index contributed by atoms with van der Waals surface area (Å²) in [6.07, 6.45) is 4.61. The van der Waals surface area contributed by atoms with Crippen LogP contribution >= 0.6 is 0 Å². The first-order chi connectivity index (χ1) is 9.74. The summed E-state index contributed by atoms with van der Waals surface area (Å²) in [6, 6.07) is 4.85. The highest BCUT2D eigenvalue weighted by molar-refractivity contribution is 5.81. The van der Waals surface area contributed by atoms with Gasteiger partial charge in [0.25, 0.3) is 0 Å². The zero-order valence-electron chi connectivity index (χ0n) is 12.5. The number of nitrogens with one attached hydrogen (secondary N) is 1. The highest BCUT2D eigenvalue weighted by atomic mass is 16.1. The van der Waals surface area contributed by atoms with E-state index in [4.69, 9.17) is 0 Å². The topological polar surface area (TPSA) is 32.3 Å². The van der Waals surface area contributed by atoms with E-state index in [1.807, 2.05) is 0 Å². The van der Waals surface area contributed by atoms with Gasteiger partial charge in [-0.3, -0.25) is 9.69 Å². The molecule has 0 radical (unpaired) electrons. The van der Waals surface area contributed by atoms with E-state index in [-0.39, 0.29) is 0 Å². The van der Waals surface area contributed by atoms with Gasteiger partial charge in [0.05, 0.1) is 0 Å². The van der Waals surface area contributed by atoms with Crippen molar-refractivity contribution < 1.29 is 4.79 Å². The highest BCUT2D eigenvalue weighted by Crippen LogP contribution is 2.43. The van der Waals surface area contributed by atoms with Gasteiger partial charge in [0.1, 0.15) is 0 Å². The van der Waals surface area contributed by atoms with Crippen LogP contribution in [0.1, 0.15) is 58.8 Å². The van der Waals surface area contributed by atoms with Crippen molar-refractivity contribution in [2.45, 2.75) is 38.1 Å². The first-order valence-corrected chi connectivity index (χ1v) is 7.77.